The summed E-state index contributed by atoms with van der Waals surface area (Å²) in [5.41, 5.74) is 0. The Morgan fingerprint density at radius 1 is 1.29 bits per heavy atom. The monoisotopic (exact) mass is 230 g/mol. The van der Waals surface area contributed by atoms with E-state index in [0.717, 1.165) is 0 Å². The molecule has 0 unspecified atom stereocenters. The molecule has 0 aliphatic heterocycles. The number of benzene rings is 1. The van der Waals surface area contributed by atoms with Crippen molar-refractivity contribution in [3.8, 4) is 0 Å². The van der Waals surface area contributed by atoms with Crippen LogP contribution in [-0.2, 0) is 21.1 Å². The van der Waals surface area contributed by atoms with Gasteiger partial charge in [-0.15, -0.1) is 0 Å². The van der Waals surface area contributed by atoms with Crippen LogP contribution in [0, 0.1) is 0 Å². The molecule has 0 spiro atoms. The summed E-state index contributed by atoms with van der Waals surface area (Å²) in [7, 11) is -3.53. The molecule has 0 aliphatic rings. The zero-order valence-corrected chi connectivity index (χ0v) is 9.27. The van der Waals surface area contributed by atoms with Crippen LogP contribution in [0.15, 0.2) is 35.2 Å². The van der Waals surface area contributed by atoms with Gasteiger partial charge in [0.05, 0.1) is 4.90 Å². The Kier molecular flexibility index (Phi) is 3.60. The highest BCUT2D eigenvalue weighted by Gasteiger charge is 2.19. The van der Waals surface area contributed by atoms with E-state index in [-0.39, 0.29) is 26.8 Å². The molecule has 0 saturated heterocycles. The summed E-state index contributed by atoms with van der Waals surface area (Å²) >= 11 is 0.0504. The van der Waals surface area contributed by atoms with E-state index in [1.54, 1.807) is 25.1 Å². The lowest BCUT2D eigenvalue weighted by molar-refractivity contribution is 0.607. The van der Waals surface area contributed by atoms with Crippen LogP contribution in [0.25, 0.3) is 0 Å². The lowest BCUT2D eigenvalue weighted by atomic mass is 10.4. The Morgan fingerprint density at radius 3 is 2.29 bits per heavy atom. The summed E-state index contributed by atoms with van der Waals surface area (Å²) in [5, 5.41) is 0. The van der Waals surface area contributed by atoms with Crippen LogP contribution in [0.2, 0.25) is 0 Å². The highest BCUT2D eigenvalue weighted by atomic mass is 32.2. The Morgan fingerprint density at radius 2 is 1.86 bits per heavy atom. The molecule has 0 aliphatic carbocycles. The molecule has 0 heterocycles. The highest BCUT2D eigenvalue weighted by molar-refractivity contribution is 8.14. The van der Waals surface area contributed by atoms with Gasteiger partial charge in [0, 0.05) is 0 Å². The van der Waals surface area contributed by atoms with Gasteiger partial charge in [0.1, 0.15) is 15.5 Å². The fourth-order valence-electron chi connectivity index (χ4n) is 1.02. The smallest absolute Gasteiger partial charge is 0.215 e. The molecule has 1 rings (SSSR count). The Bertz CT molecular complexity index is 456. The Balaban J connectivity index is 3.30. The lowest BCUT2D eigenvalue weighted by Gasteiger charge is -2.02. The van der Waals surface area contributed by atoms with E-state index in [1.165, 1.54) is 12.1 Å². The third-order valence-electron chi connectivity index (χ3n) is 1.73. The van der Waals surface area contributed by atoms with Crippen LogP contribution in [0.1, 0.15) is 13.3 Å². The van der Waals surface area contributed by atoms with Gasteiger partial charge in [0.15, 0.2) is 0 Å². The van der Waals surface area contributed by atoms with E-state index < -0.39 is 9.84 Å². The number of rotatable bonds is 2. The van der Waals surface area contributed by atoms with Gasteiger partial charge in [0.25, 0.3) is 0 Å². The highest BCUT2D eigenvalue weighted by Crippen LogP contribution is 2.12. The van der Waals surface area contributed by atoms with Crippen LogP contribution in [0.3, 0.4) is 0 Å². The average Bonchev–Trinajstić information content (AvgIpc) is 2.20. The standard InChI is InChI=1S/C9H10O3S2/c1-2-9(13-10)14(11,12)8-6-4-3-5-7-8/h3-7H,2H2,1H3. The van der Waals surface area contributed by atoms with Crippen molar-refractivity contribution in [3.63, 3.8) is 0 Å². The fraction of sp³-hybridized carbons (Fsp3) is 0.222. The van der Waals surface area contributed by atoms with Crippen molar-refractivity contribution in [1.29, 1.82) is 0 Å². The second kappa shape index (κ2) is 4.52. The second-order valence-corrected chi connectivity index (χ2v) is 5.51. The molecule has 76 valence electrons. The molecule has 1 aromatic carbocycles. The molecule has 0 bridgehead atoms. The van der Waals surface area contributed by atoms with Gasteiger partial charge in [-0.05, 0) is 18.6 Å². The Hall–Kier alpha value is -0.940. The third kappa shape index (κ3) is 2.10. The molecule has 0 aromatic heterocycles. The topological polar surface area (TPSA) is 51.2 Å². The van der Waals surface area contributed by atoms with Crippen molar-refractivity contribution in [1.82, 2.24) is 0 Å². The zero-order valence-electron chi connectivity index (χ0n) is 7.64. The summed E-state index contributed by atoms with van der Waals surface area (Å²) < 4.78 is 34.0. The fourth-order valence-corrected chi connectivity index (χ4v) is 2.95. The van der Waals surface area contributed by atoms with E-state index in [2.05, 4.69) is 0 Å². The van der Waals surface area contributed by atoms with E-state index in [9.17, 15) is 12.6 Å². The predicted molar refractivity (Wildman–Crippen MR) is 57.1 cm³/mol. The third-order valence-corrected chi connectivity index (χ3v) is 4.85. The van der Waals surface area contributed by atoms with E-state index >= 15 is 0 Å². The second-order valence-electron chi connectivity index (χ2n) is 2.63. The molecule has 0 fully saturated rings. The minimum atomic E-state index is -3.53. The minimum absolute atomic E-state index is 0.0382. The largest absolute Gasteiger partial charge is 0.218 e. The van der Waals surface area contributed by atoms with Crippen LogP contribution in [0.5, 0.6) is 0 Å². The van der Waals surface area contributed by atoms with Gasteiger partial charge in [0.2, 0.25) is 9.84 Å². The molecule has 0 atom stereocenters. The molecule has 0 saturated carbocycles. The number of sulfone groups is 1. The summed E-state index contributed by atoms with van der Waals surface area (Å²) in [5.74, 6) is 0. The SMILES string of the molecule is CCC(=S=O)S(=O)(=O)c1ccccc1. The van der Waals surface area contributed by atoms with Crippen LogP contribution in [-0.4, -0.2) is 16.8 Å². The quantitative estimate of drug-likeness (QED) is 0.718. The van der Waals surface area contributed by atoms with Crippen LogP contribution in [0.4, 0.5) is 0 Å². The van der Waals surface area contributed by atoms with Crippen LogP contribution < -0.4 is 0 Å². The molecule has 5 heteroatoms. The molecule has 0 radical (unpaired) electrons. The van der Waals surface area contributed by atoms with Crippen LogP contribution >= 0.6 is 0 Å². The van der Waals surface area contributed by atoms with Crippen molar-refractivity contribution in [2.24, 2.45) is 0 Å². The van der Waals surface area contributed by atoms with Crippen molar-refractivity contribution in [2.45, 2.75) is 18.2 Å². The van der Waals surface area contributed by atoms with Gasteiger partial charge < -0.3 is 0 Å². The van der Waals surface area contributed by atoms with Gasteiger partial charge in [-0.3, -0.25) is 0 Å². The van der Waals surface area contributed by atoms with Gasteiger partial charge in [-0.25, -0.2) is 12.6 Å². The normalized spacial score (nSPS) is 10.9. The summed E-state index contributed by atoms with van der Waals surface area (Å²) in [6, 6.07) is 7.97. The molecule has 1 aromatic rings. The van der Waals surface area contributed by atoms with E-state index in [0.29, 0.717) is 0 Å². The van der Waals surface area contributed by atoms with Gasteiger partial charge in [-0.1, -0.05) is 25.1 Å². The number of hydrogen-bond acceptors (Lipinski definition) is 3. The first-order chi connectivity index (χ1) is 6.62. The molecule has 0 amide bonds. The molecule has 3 nitrogen and oxygen atoms in total. The lowest BCUT2D eigenvalue weighted by Crippen LogP contribution is -2.13. The maximum Gasteiger partial charge on any atom is 0.215 e. The van der Waals surface area contributed by atoms with Crippen molar-refractivity contribution in [2.75, 3.05) is 0 Å². The molecular weight excluding hydrogens is 220 g/mol. The maximum atomic E-state index is 11.7. The van der Waals surface area contributed by atoms with E-state index in [4.69, 9.17) is 0 Å². The molecular formula is C9H10O3S2. The summed E-state index contributed by atoms with van der Waals surface area (Å²) in [6.45, 7) is 1.65. The first-order valence-corrected chi connectivity index (χ1v) is 6.31. The van der Waals surface area contributed by atoms with Crippen molar-refractivity contribution in [3.05, 3.63) is 30.3 Å². The minimum Gasteiger partial charge on any atom is -0.218 e. The predicted octanol–water partition coefficient (Wildman–Crippen LogP) is 1.21. The summed E-state index contributed by atoms with van der Waals surface area (Å²) in [6.07, 6.45) is 0.241. The van der Waals surface area contributed by atoms with E-state index in [1.807, 2.05) is 0 Å². The van der Waals surface area contributed by atoms with Gasteiger partial charge in [-0.2, -0.15) is 0 Å². The first kappa shape index (κ1) is 11.1. The van der Waals surface area contributed by atoms with Crippen molar-refractivity contribution >= 4 is 25.3 Å². The zero-order chi connectivity index (χ0) is 10.6. The Labute approximate surface area is 86.8 Å². The first-order valence-electron chi connectivity index (χ1n) is 4.08. The number of hydrogen-bond donors (Lipinski definition) is 0. The molecule has 0 N–H and O–H groups in total. The van der Waals surface area contributed by atoms with Crippen molar-refractivity contribution < 1.29 is 12.6 Å². The summed E-state index contributed by atoms with van der Waals surface area (Å²) in [4.78, 5) is 0.181. The van der Waals surface area contributed by atoms with Gasteiger partial charge >= 0.3 is 0 Å². The molecule has 14 heavy (non-hydrogen) atoms. The maximum absolute atomic E-state index is 11.7. The average molecular weight is 230 g/mol.